The first kappa shape index (κ1) is 15.9. The standard InChI is InChI=1S/C6H15N.C5H11NO/c1-6(2)4-5-7-3;1-4(2)5(7)6-3/h6-7H,4-5H2,1-3H3;4H,1-3H3,(H,6,7). The molecule has 0 unspecified atom stereocenters. The fraction of sp³-hybridized carbons (Fsp3) is 0.909. The highest BCUT2D eigenvalue weighted by molar-refractivity contribution is 5.77. The lowest BCUT2D eigenvalue weighted by molar-refractivity contribution is -0.123. The van der Waals surface area contributed by atoms with Crippen molar-refractivity contribution in [3.63, 3.8) is 0 Å². The lowest BCUT2D eigenvalue weighted by Gasteiger charge is -2.00. The van der Waals surface area contributed by atoms with Crippen LogP contribution in [-0.2, 0) is 4.79 Å². The Hall–Kier alpha value is -0.570. The zero-order chi connectivity index (χ0) is 11.6. The number of hydrogen-bond acceptors (Lipinski definition) is 2. The molecule has 0 fully saturated rings. The van der Waals surface area contributed by atoms with Crippen LogP contribution in [0.2, 0.25) is 0 Å². The van der Waals surface area contributed by atoms with Crippen LogP contribution >= 0.6 is 0 Å². The summed E-state index contributed by atoms with van der Waals surface area (Å²) < 4.78 is 0. The van der Waals surface area contributed by atoms with E-state index >= 15 is 0 Å². The summed E-state index contributed by atoms with van der Waals surface area (Å²) in [5.41, 5.74) is 0. The number of carbonyl (C=O) groups is 1. The molecule has 3 heteroatoms. The number of amides is 1. The van der Waals surface area contributed by atoms with Gasteiger partial charge in [-0.05, 0) is 25.9 Å². The zero-order valence-electron chi connectivity index (χ0n) is 10.5. The van der Waals surface area contributed by atoms with Crippen molar-refractivity contribution in [2.75, 3.05) is 20.6 Å². The van der Waals surface area contributed by atoms with Gasteiger partial charge in [-0.2, -0.15) is 0 Å². The number of hydrogen-bond donors (Lipinski definition) is 2. The maximum atomic E-state index is 10.4. The summed E-state index contributed by atoms with van der Waals surface area (Å²) >= 11 is 0. The summed E-state index contributed by atoms with van der Waals surface area (Å²) in [7, 11) is 3.63. The number of carbonyl (C=O) groups excluding carboxylic acids is 1. The SMILES string of the molecule is CNC(=O)C(C)C.CNCCC(C)C. The molecule has 0 spiro atoms. The lowest BCUT2D eigenvalue weighted by atomic mass is 10.1. The second-order valence-electron chi connectivity index (χ2n) is 4.06. The Morgan fingerprint density at radius 1 is 1.14 bits per heavy atom. The Morgan fingerprint density at radius 3 is 1.71 bits per heavy atom. The summed E-state index contributed by atoms with van der Waals surface area (Å²) in [4.78, 5) is 10.4. The minimum Gasteiger partial charge on any atom is -0.359 e. The van der Waals surface area contributed by atoms with Crippen molar-refractivity contribution >= 4 is 5.91 Å². The summed E-state index contributed by atoms with van der Waals surface area (Å²) in [5.74, 6) is 1.05. The van der Waals surface area contributed by atoms with Gasteiger partial charge in [0, 0.05) is 13.0 Å². The minimum absolute atomic E-state index is 0.0972. The first-order valence-electron chi connectivity index (χ1n) is 5.31. The van der Waals surface area contributed by atoms with Crippen LogP contribution in [-0.4, -0.2) is 26.5 Å². The fourth-order valence-electron chi connectivity index (χ4n) is 0.722. The van der Waals surface area contributed by atoms with Crippen LogP contribution in [0.1, 0.15) is 34.1 Å². The van der Waals surface area contributed by atoms with Crippen LogP contribution in [0.4, 0.5) is 0 Å². The molecule has 0 heterocycles. The van der Waals surface area contributed by atoms with Crippen molar-refractivity contribution in [2.45, 2.75) is 34.1 Å². The van der Waals surface area contributed by atoms with Gasteiger partial charge >= 0.3 is 0 Å². The van der Waals surface area contributed by atoms with Gasteiger partial charge in [-0.3, -0.25) is 4.79 Å². The molecule has 0 saturated carbocycles. The van der Waals surface area contributed by atoms with Gasteiger partial charge in [0.2, 0.25) is 5.91 Å². The topological polar surface area (TPSA) is 41.1 Å². The van der Waals surface area contributed by atoms with E-state index in [1.807, 2.05) is 20.9 Å². The lowest BCUT2D eigenvalue weighted by Crippen LogP contribution is -2.22. The van der Waals surface area contributed by atoms with Gasteiger partial charge < -0.3 is 10.6 Å². The Balaban J connectivity index is 0. The Labute approximate surface area is 88.7 Å². The highest BCUT2D eigenvalue weighted by Crippen LogP contribution is 1.94. The smallest absolute Gasteiger partial charge is 0.222 e. The Bertz CT molecular complexity index is 133. The van der Waals surface area contributed by atoms with Crippen LogP contribution in [0.5, 0.6) is 0 Å². The molecule has 86 valence electrons. The van der Waals surface area contributed by atoms with Crippen LogP contribution in [0, 0.1) is 11.8 Å². The average molecular weight is 202 g/mol. The Morgan fingerprint density at radius 2 is 1.64 bits per heavy atom. The van der Waals surface area contributed by atoms with E-state index in [2.05, 4.69) is 24.5 Å². The molecular formula is C11H26N2O. The van der Waals surface area contributed by atoms with E-state index in [0.717, 1.165) is 12.5 Å². The molecule has 0 bridgehead atoms. The molecule has 0 saturated heterocycles. The predicted octanol–water partition coefficient (Wildman–Crippen LogP) is 1.64. The monoisotopic (exact) mass is 202 g/mol. The van der Waals surface area contributed by atoms with E-state index < -0.39 is 0 Å². The van der Waals surface area contributed by atoms with Crippen molar-refractivity contribution in [1.29, 1.82) is 0 Å². The van der Waals surface area contributed by atoms with Gasteiger partial charge in [0.15, 0.2) is 0 Å². The van der Waals surface area contributed by atoms with Gasteiger partial charge in [-0.25, -0.2) is 0 Å². The largest absolute Gasteiger partial charge is 0.359 e. The molecule has 0 aromatic heterocycles. The van der Waals surface area contributed by atoms with E-state index in [0.29, 0.717) is 0 Å². The molecule has 0 radical (unpaired) electrons. The van der Waals surface area contributed by atoms with E-state index in [9.17, 15) is 4.79 Å². The van der Waals surface area contributed by atoms with Crippen LogP contribution in [0.3, 0.4) is 0 Å². The summed E-state index contributed by atoms with van der Waals surface area (Å²) in [6, 6.07) is 0. The highest BCUT2D eigenvalue weighted by atomic mass is 16.1. The third kappa shape index (κ3) is 14.0. The predicted molar refractivity (Wildman–Crippen MR) is 62.3 cm³/mol. The summed E-state index contributed by atoms with van der Waals surface area (Å²) in [6.45, 7) is 9.34. The summed E-state index contributed by atoms with van der Waals surface area (Å²) in [5, 5.41) is 5.62. The van der Waals surface area contributed by atoms with Gasteiger partial charge in [-0.15, -0.1) is 0 Å². The number of rotatable bonds is 4. The van der Waals surface area contributed by atoms with Crippen molar-refractivity contribution in [2.24, 2.45) is 11.8 Å². The van der Waals surface area contributed by atoms with Crippen LogP contribution < -0.4 is 10.6 Å². The number of nitrogens with one attached hydrogen (secondary N) is 2. The van der Waals surface area contributed by atoms with Gasteiger partial charge in [0.05, 0.1) is 0 Å². The molecule has 0 aromatic carbocycles. The van der Waals surface area contributed by atoms with E-state index in [4.69, 9.17) is 0 Å². The van der Waals surface area contributed by atoms with Crippen molar-refractivity contribution in [3.05, 3.63) is 0 Å². The molecule has 0 aliphatic rings. The van der Waals surface area contributed by atoms with E-state index in [1.54, 1.807) is 7.05 Å². The third-order valence-electron chi connectivity index (χ3n) is 1.74. The van der Waals surface area contributed by atoms with Crippen molar-refractivity contribution in [3.8, 4) is 0 Å². The quantitative estimate of drug-likeness (QED) is 0.727. The average Bonchev–Trinajstić information content (AvgIpc) is 2.14. The molecule has 0 aromatic rings. The molecule has 2 N–H and O–H groups in total. The first-order chi connectivity index (χ1) is 6.45. The highest BCUT2D eigenvalue weighted by Gasteiger charge is 2.00. The van der Waals surface area contributed by atoms with Gasteiger partial charge in [0.25, 0.3) is 0 Å². The molecule has 14 heavy (non-hydrogen) atoms. The van der Waals surface area contributed by atoms with Crippen LogP contribution in [0.25, 0.3) is 0 Å². The zero-order valence-corrected chi connectivity index (χ0v) is 10.5. The van der Waals surface area contributed by atoms with Crippen molar-refractivity contribution in [1.82, 2.24) is 10.6 Å². The first-order valence-corrected chi connectivity index (χ1v) is 5.31. The second kappa shape index (κ2) is 10.5. The van der Waals surface area contributed by atoms with Crippen molar-refractivity contribution < 1.29 is 4.79 Å². The molecule has 0 aliphatic carbocycles. The molecule has 1 amide bonds. The van der Waals surface area contributed by atoms with E-state index in [-0.39, 0.29) is 11.8 Å². The summed E-state index contributed by atoms with van der Waals surface area (Å²) in [6.07, 6.45) is 1.29. The molecule has 0 atom stereocenters. The molecular weight excluding hydrogens is 176 g/mol. The maximum absolute atomic E-state index is 10.4. The fourth-order valence-corrected chi connectivity index (χ4v) is 0.722. The van der Waals surface area contributed by atoms with Crippen LogP contribution in [0.15, 0.2) is 0 Å². The maximum Gasteiger partial charge on any atom is 0.222 e. The molecule has 3 nitrogen and oxygen atoms in total. The van der Waals surface area contributed by atoms with Gasteiger partial charge in [0.1, 0.15) is 0 Å². The van der Waals surface area contributed by atoms with E-state index in [1.165, 1.54) is 6.42 Å². The molecule has 0 aliphatic heterocycles. The second-order valence-corrected chi connectivity index (χ2v) is 4.06. The normalized spacial score (nSPS) is 9.71. The minimum atomic E-state index is 0.0972. The van der Waals surface area contributed by atoms with Gasteiger partial charge in [-0.1, -0.05) is 27.7 Å². The molecule has 0 rings (SSSR count). The Kier molecular flexibility index (Phi) is 11.9. The third-order valence-corrected chi connectivity index (χ3v) is 1.74.